The largest absolute Gasteiger partial charge is 0.349 e. The van der Waals surface area contributed by atoms with Gasteiger partial charge in [-0.15, -0.1) is 5.10 Å². The van der Waals surface area contributed by atoms with Gasteiger partial charge in [0.15, 0.2) is 5.69 Å². The minimum absolute atomic E-state index is 0.201. The molecule has 0 spiro atoms. The summed E-state index contributed by atoms with van der Waals surface area (Å²) in [6.45, 7) is 9.86. The molecule has 2 heterocycles. The maximum Gasteiger partial charge on any atom is 0.280 e. The van der Waals surface area contributed by atoms with Crippen molar-refractivity contribution in [3.05, 3.63) is 70.5 Å². The van der Waals surface area contributed by atoms with Crippen molar-refractivity contribution < 1.29 is 9.59 Å². The number of benzene rings is 1. The number of rotatable bonds is 7. The van der Waals surface area contributed by atoms with Crippen LogP contribution in [0.15, 0.2) is 48.1 Å². The van der Waals surface area contributed by atoms with Gasteiger partial charge in [-0.25, -0.2) is 0 Å². The molecule has 1 unspecified atom stereocenters. The average molecular weight is 438 g/mol. The van der Waals surface area contributed by atoms with Gasteiger partial charge in [0.05, 0.1) is 0 Å². The summed E-state index contributed by atoms with van der Waals surface area (Å²) in [5.74, 6) is -0.649. The Kier molecular flexibility index (Phi) is 6.80. The number of aromatic nitrogens is 3. The standard InChI is InChI=1S/C23H27N5O2S/c1-6-23(4,5)25-21(29)20(17-10-12-24-13-11-17)28(22(30)18-14-31-27-26-18)19-9-7-8-15(2)16(19)3/h7-14,20H,6H2,1-5H3,(H,25,29). The molecule has 1 aromatic carbocycles. The van der Waals surface area contributed by atoms with Crippen LogP contribution in [0.1, 0.15) is 60.4 Å². The molecule has 0 aliphatic rings. The first kappa shape index (κ1) is 22.6. The SMILES string of the molecule is CCC(C)(C)NC(=O)C(c1ccncc1)N(C(=O)c1csnn1)c1cccc(C)c1C. The summed E-state index contributed by atoms with van der Waals surface area (Å²) in [6, 6.07) is 8.33. The van der Waals surface area contributed by atoms with Crippen LogP contribution in [-0.4, -0.2) is 31.9 Å². The number of pyridine rings is 1. The van der Waals surface area contributed by atoms with E-state index in [0.717, 1.165) is 29.1 Å². The van der Waals surface area contributed by atoms with E-state index in [1.165, 1.54) is 4.90 Å². The van der Waals surface area contributed by atoms with Gasteiger partial charge in [-0.05, 0) is 80.5 Å². The van der Waals surface area contributed by atoms with Gasteiger partial charge in [0.25, 0.3) is 5.91 Å². The lowest BCUT2D eigenvalue weighted by molar-refractivity contribution is -0.124. The Morgan fingerprint density at radius 3 is 2.48 bits per heavy atom. The van der Waals surface area contributed by atoms with E-state index in [0.29, 0.717) is 11.3 Å². The lowest BCUT2D eigenvalue weighted by Gasteiger charge is -2.35. The van der Waals surface area contributed by atoms with Crippen molar-refractivity contribution >= 4 is 29.0 Å². The highest BCUT2D eigenvalue weighted by atomic mass is 32.1. The molecule has 3 aromatic rings. The fourth-order valence-corrected chi connectivity index (χ4v) is 3.63. The molecule has 0 saturated carbocycles. The summed E-state index contributed by atoms with van der Waals surface area (Å²) < 4.78 is 3.84. The second kappa shape index (κ2) is 9.34. The third-order valence-electron chi connectivity index (χ3n) is 5.51. The lowest BCUT2D eigenvalue weighted by Crippen LogP contribution is -2.50. The van der Waals surface area contributed by atoms with Crippen LogP contribution >= 0.6 is 11.5 Å². The lowest BCUT2D eigenvalue weighted by atomic mass is 9.97. The molecule has 2 aromatic heterocycles. The number of hydrogen-bond acceptors (Lipinski definition) is 6. The molecule has 0 aliphatic carbocycles. The summed E-state index contributed by atoms with van der Waals surface area (Å²) in [4.78, 5) is 32.9. The van der Waals surface area contributed by atoms with Gasteiger partial charge in [0.1, 0.15) is 6.04 Å². The number of hydrogen-bond donors (Lipinski definition) is 1. The minimum Gasteiger partial charge on any atom is -0.349 e. The molecule has 1 N–H and O–H groups in total. The highest BCUT2D eigenvalue weighted by molar-refractivity contribution is 7.03. The molecule has 1 atom stereocenters. The van der Waals surface area contributed by atoms with E-state index >= 15 is 0 Å². The molecule has 8 heteroatoms. The molecule has 3 rings (SSSR count). The van der Waals surface area contributed by atoms with E-state index < -0.39 is 11.6 Å². The molecule has 2 amide bonds. The van der Waals surface area contributed by atoms with E-state index in [-0.39, 0.29) is 17.5 Å². The summed E-state index contributed by atoms with van der Waals surface area (Å²) >= 11 is 1.10. The first-order valence-electron chi connectivity index (χ1n) is 10.1. The number of amides is 2. The Hall–Kier alpha value is -3.13. The van der Waals surface area contributed by atoms with Gasteiger partial charge < -0.3 is 5.32 Å². The normalized spacial score (nSPS) is 12.3. The maximum absolute atomic E-state index is 13.7. The summed E-state index contributed by atoms with van der Waals surface area (Å²) in [6.07, 6.45) is 3.99. The topological polar surface area (TPSA) is 88.1 Å². The van der Waals surface area contributed by atoms with Crippen LogP contribution in [0.5, 0.6) is 0 Å². The zero-order valence-corrected chi connectivity index (χ0v) is 19.2. The van der Waals surface area contributed by atoms with Crippen molar-refractivity contribution in [3.8, 4) is 0 Å². The molecule has 0 fully saturated rings. The predicted octanol–water partition coefficient (Wildman–Crippen LogP) is 4.24. The molecule has 0 aliphatic heterocycles. The minimum atomic E-state index is -0.900. The fraction of sp³-hybridized carbons (Fsp3) is 0.348. The smallest absolute Gasteiger partial charge is 0.280 e. The molecule has 0 bridgehead atoms. The van der Waals surface area contributed by atoms with Gasteiger partial charge in [-0.1, -0.05) is 23.5 Å². The van der Waals surface area contributed by atoms with E-state index in [1.807, 2.05) is 52.8 Å². The number of nitrogens with zero attached hydrogens (tertiary/aromatic N) is 4. The van der Waals surface area contributed by atoms with E-state index in [4.69, 9.17) is 0 Å². The third kappa shape index (κ3) is 4.96. The van der Waals surface area contributed by atoms with Crippen LogP contribution in [-0.2, 0) is 4.79 Å². The van der Waals surface area contributed by atoms with E-state index in [9.17, 15) is 9.59 Å². The zero-order chi connectivity index (χ0) is 22.6. The van der Waals surface area contributed by atoms with Gasteiger partial charge >= 0.3 is 0 Å². The highest BCUT2D eigenvalue weighted by Crippen LogP contribution is 2.33. The number of carbonyl (C=O) groups excluding carboxylic acids is 2. The second-order valence-electron chi connectivity index (χ2n) is 8.09. The van der Waals surface area contributed by atoms with Crippen LogP contribution in [0.25, 0.3) is 0 Å². The van der Waals surface area contributed by atoms with E-state index in [1.54, 1.807) is 29.9 Å². The fourth-order valence-electron chi connectivity index (χ4n) is 3.20. The van der Waals surface area contributed by atoms with Crippen LogP contribution in [0.4, 0.5) is 5.69 Å². The summed E-state index contributed by atoms with van der Waals surface area (Å²) in [5.41, 5.74) is 3.03. The molecule has 162 valence electrons. The Morgan fingerprint density at radius 2 is 1.87 bits per heavy atom. The highest BCUT2D eigenvalue weighted by Gasteiger charge is 2.37. The molecular weight excluding hydrogens is 410 g/mol. The van der Waals surface area contributed by atoms with Crippen LogP contribution in [0.3, 0.4) is 0 Å². The van der Waals surface area contributed by atoms with Crippen molar-refractivity contribution in [1.29, 1.82) is 0 Å². The van der Waals surface area contributed by atoms with Gasteiger partial charge in [-0.2, -0.15) is 0 Å². The number of carbonyl (C=O) groups is 2. The first-order chi connectivity index (χ1) is 14.7. The van der Waals surface area contributed by atoms with E-state index in [2.05, 4.69) is 19.9 Å². The Balaban J connectivity index is 2.21. The molecular formula is C23H27N5O2S. The maximum atomic E-state index is 13.7. The van der Waals surface area contributed by atoms with Crippen molar-refractivity contribution in [3.63, 3.8) is 0 Å². The Morgan fingerprint density at radius 1 is 1.16 bits per heavy atom. The number of nitrogens with one attached hydrogen (secondary N) is 1. The zero-order valence-electron chi connectivity index (χ0n) is 18.4. The first-order valence-corrected chi connectivity index (χ1v) is 11.0. The van der Waals surface area contributed by atoms with Gasteiger partial charge in [0, 0.05) is 29.0 Å². The summed E-state index contributed by atoms with van der Waals surface area (Å²) in [5, 5.41) is 8.67. The Bertz CT molecular complexity index is 1050. The molecule has 0 radical (unpaired) electrons. The van der Waals surface area contributed by atoms with Crippen molar-refractivity contribution in [2.45, 2.75) is 52.6 Å². The van der Waals surface area contributed by atoms with Crippen molar-refractivity contribution in [1.82, 2.24) is 19.9 Å². The van der Waals surface area contributed by atoms with Gasteiger partial charge in [-0.3, -0.25) is 19.5 Å². The number of aryl methyl sites for hydroxylation is 1. The van der Waals surface area contributed by atoms with Crippen LogP contribution in [0.2, 0.25) is 0 Å². The average Bonchev–Trinajstić information content (AvgIpc) is 3.29. The van der Waals surface area contributed by atoms with Crippen LogP contribution < -0.4 is 10.2 Å². The number of anilines is 1. The van der Waals surface area contributed by atoms with Crippen LogP contribution in [0, 0.1) is 13.8 Å². The third-order valence-corrected chi connectivity index (χ3v) is 6.01. The van der Waals surface area contributed by atoms with Crippen molar-refractivity contribution in [2.24, 2.45) is 0 Å². The molecule has 0 saturated heterocycles. The quantitative estimate of drug-likeness (QED) is 0.597. The molecule has 7 nitrogen and oxygen atoms in total. The predicted molar refractivity (Wildman–Crippen MR) is 122 cm³/mol. The monoisotopic (exact) mass is 437 g/mol. The van der Waals surface area contributed by atoms with Gasteiger partial charge in [0.2, 0.25) is 5.91 Å². The van der Waals surface area contributed by atoms with Crippen molar-refractivity contribution in [2.75, 3.05) is 4.90 Å². The molecule has 31 heavy (non-hydrogen) atoms. The Labute approximate surface area is 186 Å². The second-order valence-corrected chi connectivity index (χ2v) is 8.70. The summed E-state index contributed by atoms with van der Waals surface area (Å²) in [7, 11) is 0.